The lowest BCUT2D eigenvalue weighted by Gasteiger charge is -2.13. The summed E-state index contributed by atoms with van der Waals surface area (Å²) in [6, 6.07) is 6.46. The smallest absolute Gasteiger partial charge is 0.416 e. The number of benzene rings is 2. The number of carbonyl (C=O) groups is 1. The van der Waals surface area contributed by atoms with E-state index in [9.17, 15) is 28.2 Å². The molecule has 0 saturated heterocycles. The minimum atomic E-state index is -4.41. The molecule has 1 unspecified atom stereocenters. The molecule has 140 valence electrons. The Balaban J connectivity index is 1.99. The Morgan fingerprint density at radius 3 is 2.38 bits per heavy atom. The number of aliphatic hydroxyl groups is 1. The van der Waals surface area contributed by atoms with E-state index in [0.717, 1.165) is 12.1 Å². The average Bonchev–Trinajstić information content (AvgIpc) is 2.55. The van der Waals surface area contributed by atoms with Gasteiger partial charge in [0.1, 0.15) is 5.75 Å². The normalized spacial score (nSPS) is 12.5. The number of anilines is 1. The van der Waals surface area contributed by atoms with Crippen LogP contribution in [0.1, 0.15) is 29.7 Å². The Morgan fingerprint density at radius 2 is 1.85 bits per heavy atom. The first-order valence-electron chi connectivity index (χ1n) is 7.49. The number of phenols is 1. The molecule has 0 aromatic heterocycles. The second kappa shape index (κ2) is 7.84. The molecular formula is C17H16ClF3N2O3. The third-order valence-corrected chi connectivity index (χ3v) is 3.82. The number of urea groups is 1. The third kappa shape index (κ3) is 5.03. The van der Waals surface area contributed by atoms with Crippen LogP contribution in [-0.2, 0) is 12.7 Å². The zero-order chi connectivity index (χ0) is 19.5. The van der Waals surface area contributed by atoms with Gasteiger partial charge in [-0.25, -0.2) is 4.79 Å². The van der Waals surface area contributed by atoms with Crippen molar-refractivity contribution in [1.29, 1.82) is 0 Å². The molecule has 2 amide bonds. The SMILES string of the molecule is CC(O)c1cc(NC(=O)NCc2ccc(C(F)(F)F)cc2)cc(Cl)c1O. The van der Waals surface area contributed by atoms with Crippen molar-refractivity contribution in [1.82, 2.24) is 5.32 Å². The predicted molar refractivity (Wildman–Crippen MR) is 91.1 cm³/mol. The highest BCUT2D eigenvalue weighted by atomic mass is 35.5. The third-order valence-electron chi connectivity index (χ3n) is 3.54. The van der Waals surface area contributed by atoms with Gasteiger partial charge in [-0.15, -0.1) is 0 Å². The minimum absolute atomic E-state index is 0.0129. The Kier molecular flexibility index (Phi) is 5.99. The topological polar surface area (TPSA) is 81.6 Å². The van der Waals surface area contributed by atoms with Crippen molar-refractivity contribution >= 4 is 23.3 Å². The van der Waals surface area contributed by atoms with Gasteiger partial charge in [-0.1, -0.05) is 23.7 Å². The summed E-state index contributed by atoms with van der Waals surface area (Å²) < 4.78 is 37.5. The maximum absolute atomic E-state index is 12.5. The largest absolute Gasteiger partial charge is 0.506 e. The van der Waals surface area contributed by atoms with Crippen LogP contribution in [0.5, 0.6) is 5.75 Å². The minimum Gasteiger partial charge on any atom is -0.506 e. The van der Waals surface area contributed by atoms with Crippen LogP contribution in [0.2, 0.25) is 5.02 Å². The van der Waals surface area contributed by atoms with Gasteiger partial charge in [0.05, 0.1) is 16.7 Å². The van der Waals surface area contributed by atoms with Crippen LogP contribution in [0.15, 0.2) is 36.4 Å². The molecule has 2 rings (SSSR count). The van der Waals surface area contributed by atoms with Crippen LogP contribution in [0, 0.1) is 0 Å². The van der Waals surface area contributed by atoms with Gasteiger partial charge < -0.3 is 20.8 Å². The van der Waals surface area contributed by atoms with Crippen LogP contribution >= 0.6 is 11.6 Å². The Morgan fingerprint density at radius 1 is 1.23 bits per heavy atom. The number of hydrogen-bond donors (Lipinski definition) is 4. The van der Waals surface area contributed by atoms with Crippen molar-refractivity contribution in [2.45, 2.75) is 25.7 Å². The van der Waals surface area contributed by atoms with E-state index in [1.807, 2.05) is 0 Å². The van der Waals surface area contributed by atoms with E-state index in [1.54, 1.807) is 0 Å². The van der Waals surface area contributed by atoms with E-state index in [-0.39, 0.29) is 28.6 Å². The molecular weight excluding hydrogens is 373 g/mol. The first-order valence-corrected chi connectivity index (χ1v) is 7.87. The number of aliphatic hydroxyl groups excluding tert-OH is 1. The van der Waals surface area contributed by atoms with E-state index >= 15 is 0 Å². The monoisotopic (exact) mass is 388 g/mol. The second-order valence-corrected chi connectivity index (χ2v) is 5.98. The van der Waals surface area contributed by atoms with Crippen molar-refractivity contribution in [3.8, 4) is 5.75 Å². The fourth-order valence-electron chi connectivity index (χ4n) is 2.18. The molecule has 0 bridgehead atoms. The van der Waals surface area contributed by atoms with Crippen LogP contribution in [-0.4, -0.2) is 16.2 Å². The Hall–Kier alpha value is -2.45. The lowest BCUT2D eigenvalue weighted by atomic mass is 10.1. The molecule has 0 saturated carbocycles. The number of amides is 2. The average molecular weight is 389 g/mol. The number of phenolic OH excluding ortho intramolecular Hbond substituents is 1. The number of alkyl halides is 3. The Bertz CT molecular complexity index is 793. The molecule has 2 aromatic carbocycles. The second-order valence-electron chi connectivity index (χ2n) is 5.57. The number of rotatable bonds is 4. The standard InChI is InChI=1S/C17H16ClF3N2O3/c1-9(24)13-6-12(7-14(18)15(13)25)23-16(26)22-8-10-2-4-11(5-3-10)17(19,20)21/h2-7,9,24-25H,8H2,1H3,(H2,22,23,26). The lowest BCUT2D eigenvalue weighted by molar-refractivity contribution is -0.137. The highest BCUT2D eigenvalue weighted by Gasteiger charge is 2.29. The summed E-state index contributed by atoms with van der Waals surface area (Å²) in [5, 5.41) is 24.3. The van der Waals surface area contributed by atoms with Crippen LogP contribution < -0.4 is 10.6 Å². The zero-order valence-electron chi connectivity index (χ0n) is 13.6. The number of aromatic hydroxyl groups is 1. The van der Waals surface area contributed by atoms with E-state index in [2.05, 4.69) is 10.6 Å². The molecule has 1 atom stereocenters. The number of carbonyl (C=O) groups excluding carboxylic acids is 1. The molecule has 9 heteroatoms. The summed E-state index contributed by atoms with van der Waals surface area (Å²) in [5.74, 6) is -0.280. The van der Waals surface area contributed by atoms with E-state index in [1.165, 1.54) is 31.2 Å². The quantitative estimate of drug-likeness (QED) is 0.584. The van der Waals surface area contributed by atoms with Crippen molar-refractivity contribution in [3.05, 3.63) is 58.1 Å². The summed E-state index contributed by atoms with van der Waals surface area (Å²) in [5.41, 5.74) is 0.112. The summed E-state index contributed by atoms with van der Waals surface area (Å²) >= 11 is 5.85. The van der Waals surface area contributed by atoms with Gasteiger partial charge in [0.2, 0.25) is 0 Å². The fraction of sp³-hybridized carbons (Fsp3) is 0.235. The van der Waals surface area contributed by atoms with Gasteiger partial charge in [-0.05, 0) is 36.8 Å². The molecule has 0 aliphatic heterocycles. The maximum Gasteiger partial charge on any atom is 0.416 e. The summed E-state index contributed by atoms with van der Waals surface area (Å²) in [6.07, 6.45) is -5.41. The molecule has 0 aliphatic rings. The molecule has 2 aromatic rings. The van der Waals surface area contributed by atoms with Crippen molar-refractivity contribution in [3.63, 3.8) is 0 Å². The predicted octanol–water partition coefficient (Wildman–Crippen LogP) is 4.44. The molecule has 0 fully saturated rings. The molecule has 0 aliphatic carbocycles. The first kappa shape index (κ1) is 19.9. The summed E-state index contributed by atoms with van der Waals surface area (Å²) in [6.45, 7) is 1.44. The number of nitrogens with one attached hydrogen (secondary N) is 2. The zero-order valence-corrected chi connectivity index (χ0v) is 14.3. The maximum atomic E-state index is 12.5. The van der Waals surface area contributed by atoms with E-state index in [4.69, 9.17) is 11.6 Å². The van der Waals surface area contributed by atoms with Gasteiger partial charge in [0, 0.05) is 17.8 Å². The summed E-state index contributed by atoms with van der Waals surface area (Å²) in [4.78, 5) is 11.9. The number of hydrogen-bond acceptors (Lipinski definition) is 3. The van der Waals surface area contributed by atoms with Crippen molar-refractivity contribution in [2.24, 2.45) is 0 Å². The molecule has 0 heterocycles. The van der Waals surface area contributed by atoms with Gasteiger partial charge >= 0.3 is 12.2 Å². The van der Waals surface area contributed by atoms with Gasteiger partial charge in [0.15, 0.2) is 0 Å². The molecule has 26 heavy (non-hydrogen) atoms. The lowest BCUT2D eigenvalue weighted by Crippen LogP contribution is -2.28. The molecule has 5 nitrogen and oxygen atoms in total. The fourth-order valence-corrected chi connectivity index (χ4v) is 2.41. The molecule has 0 radical (unpaired) electrons. The van der Waals surface area contributed by atoms with E-state index < -0.39 is 23.9 Å². The Labute approximate surface area is 152 Å². The highest BCUT2D eigenvalue weighted by Crippen LogP contribution is 2.34. The molecule has 0 spiro atoms. The van der Waals surface area contributed by atoms with Crippen molar-refractivity contribution in [2.75, 3.05) is 5.32 Å². The molecule has 4 N–H and O–H groups in total. The highest BCUT2D eigenvalue weighted by molar-refractivity contribution is 6.32. The van der Waals surface area contributed by atoms with Crippen LogP contribution in [0.4, 0.5) is 23.7 Å². The van der Waals surface area contributed by atoms with Crippen LogP contribution in [0.3, 0.4) is 0 Å². The summed E-state index contributed by atoms with van der Waals surface area (Å²) in [7, 11) is 0. The van der Waals surface area contributed by atoms with E-state index in [0.29, 0.717) is 5.56 Å². The van der Waals surface area contributed by atoms with Crippen molar-refractivity contribution < 1.29 is 28.2 Å². The van der Waals surface area contributed by atoms with Gasteiger partial charge in [-0.3, -0.25) is 0 Å². The van der Waals surface area contributed by atoms with Gasteiger partial charge in [0.25, 0.3) is 0 Å². The first-order chi connectivity index (χ1) is 12.1. The van der Waals surface area contributed by atoms with Crippen LogP contribution in [0.25, 0.3) is 0 Å². The van der Waals surface area contributed by atoms with Gasteiger partial charge in [-0.2, -0.15) is 13.2 Å². The number of halogens is 4.